The Morgan fingerprint density at radius 2 is 1.26 bits per heavy atom. The molecule has 6 rings (SSSR count). The van der Waals surface area contributed by atoms with E-state index in [-0.39, 0.29) is 0 Å². The molecule has 3 fully saturated rings. The highest BCUT2D eigenvalue weighted by Crippen LogP contribution is 2.51. The second kappa shape index (κ2) is 16.5. The summed E-state index contributed by atoms with van der Waals surface area (Å²) in [5.74, 6) is -1.85. The average molecular weight is 765 g/mol. The van der Waals surface area contributed by atoms with Gasteiger partial charge in [-0.1, -0.05) is 43.5 Å². The van der Waals surface area contributed by atoms with Crippen LogP contribution in [0.1, 0.15) is 56.7 Å². The zero-order valence-electron chi connectivity index (χ0n) is 31.0. The third-order valence-electron chi connectivity index (χ3n) is 11.5. The number of aliphatic hydroxyl groups is 10. The first kappa shape index (κ1) is 41.2. The smallest absolute Gasteiger partial charge is 0.229 e. The van der Waals surface area contributed by atoms with Crippen LogP contribution in [0.4, 0.5) is 0 Å². The van der Waals surface area contributed by atoms with Gasteiger partial charge in [0, 0.05) is 17.4 Å². The van der Waals surface area contributed by atoms with Crippen molar-refractivity contribution < 1.29 is 74.7 Å². The second-order valence-electron chi connectivity index (χ2n) is 15.7. The van der Waals surface area contributed by atoms with Gasteiger partial charge >= 0.3 is 0 Å². The molecule has 0 aliphatic carbocycles. The Bertz CT molecular complexity index is 1580. The summed E-state index contributed by atoms with van der Waals surface area (Å²) in [6.07, 6.45) is -17.4. The molecule has 302 valence electrons. The first-order valence-corrected chi connectivity index (χ1v) is 18.9. The van der Waals surface area contributed by atoms with Gasteiger partial charge in [0.1, 0.15) is 53.7 Å². The molecule has 4 aliphatic rings. The lowest BCUT2D eigenvalue weighted by molar-refractivity contribution is -0.322. The summed E-state index contributed by atoms with van der Waals surface area (Å²) in [5.41, 5.74) is 3.70. The molecule has 4 heterocycles. The van der Waals surface area contributed by atoms with E-state index in [0.717, 1.165) is 47.9 Å². The van der Waals surface area contributed by atoms with E-state index in [1.165, 1.54) is 0 Å². The largest absolute Gasteiger partial charge is 0.482 e. The van der Waals surface area contributed by atoms with Crippen molar-refractivity contribution in [3.05, 3.63) is 47.0 Å². The third-order valence-corrected chi connectivity index (χ3v) is 11.5. The molecular weight excluding hydrogens is 708 g/mol. The summed E-state index contributed by atoms with van der Waals surface area (Å²) in [6, 6.07) is 9.88. The molecule has 0 aromatic heterocycles. The third kappa shape index (κ3) is 7.52. The first-order chi connectivity index (χ1) is 25.7. The lowest BCUT2D eigenvalue weighted by atomic mass is 9.73. The van der Waals surface area contributed by atoms with Gasteiger partial charge in [-0.2, -0.15) is 0 Å². The van der Waals surface area contributed by atoms with Crippen LogP contribution in [-0.4, -0.2) is 150 Å². The minimum absolute atomic E-state index is 0.333. The molecular formula is C39H56O15. The Morgan fingerprint density at radius 3 is 1.89 bits per heavy atom. The van der Waals surface area contributed by atoms with E-state index in [1.807, 2.05) is 51.1 Å². The summed E-state index contributed by atoms with van der Waals surface area (Å²) in [6.45, 7) is 5.80. The van der Waals surface area contributed by atoms with Crippen LogP contribution >= 0.6 is 0 Å². The molecule has 0 radical (unpaired) electrons. The number of unbranched alkanes of at least 4 members (excludes halogenated alkanes) is 2. The highest BCUT2D eigenvalue weighted by Gasteiger charge is 2.59. The lowest BCUT2D eigenvalue weighted by Crippen LogP contribution is -2.70. The van der Waals surface area contributed by atoms with Gasteiger partial charge in [0.15, 0.2) is 0 Å². The highest BCUT2D eigenvalue weighted by molar-refractivity contribution is 5.82. The van der Waals surface area contributed by atoms with Gasteiger partial charge in [-0.25, -0.2) is 0 Å². The molecule has 2 unspecified atom stereocenters. The maximum Gasteiger partial charge on any atom is 0.229 e. The SMILES string of the molecule is CCCCCc1cc(O[C@@H]2O[C@H](CO)C([C@H]3O[C@H](CO)[C@@H](C4O[C@H](CO)[C@@H](O)[C@H](O)[C@H]4O)[C@H](O)[C@H]3O)[C@H](O)[C@H]2O)c2c(c1)OC(C)(C)c1ccc(C)cc1-2. The first-order valence-electron chi connectivity index (χ1n) is 18.9. The van der Waals surface area contributed by atoms with Gasteiger partial charge in [0.2, 0.25) is 6.29 Å². The van der Waals surface area contributed by atoms with Crippen molar-refractivity contribution in [1.82, 2.24) is 0 Å². The van der Waals surface area contributed by atoms with E-state index < -0.39 is 117 Å². The van der Waals surface area contributed by atoms with Gasteiger partial charge in [0.05, 0.1) is 62.0 Å². The summed E-state index contributed by atoms with van der Waals surface area (Å²) >= 11 is 0. The number of rotatable bonds is 11. The Balaban J connectivity index is 1.28. The molecule has 2 aromatic carbocycles. The monoisotopic (exact) mass is 764 g/mol. The van der Waals surface area contributed by atoms with Crippen molar-refractivity contribution in [3.63, 3.8) is 0 Å². The van der Waals surface area contributed by atoms with E-state index in [0.29, 0.717) is 17.1 Å². The second-order valence-corrected chi connectivity index (χ2v) is 15.7. The molecule has 2 aromatic rings. The van der Waals surface area contributed by atoms with Crippen LogP contribution in [0, 0.1) is 18.8 Å². The van der Waals surface area contributed by atoms with Crippen molar-refractivity contribution in [2.24, 2.45) is 11.8 Å². The Labute approximate surface area is 314 Å². The molecule has 0 amide bonds. The number of hydrogen-bond donors (Lipinski definition) is 10. The summed E-state index contributed by atoms with van der Waals surface area (Å²) < 4.78 is 30.8. The number of ether oxygens (including phenoxy) is 5. The quantitative estimate of drug-likeness (QED) is 0.128. The molecule has 0 spiro atoms. The minimum atomic E-state index is -1.86. The van der Waals surface area contributed by atoms with Gasteiger partial charge in [0.25, 0.3) is 0 Å². The fourth-order valence-corrected chi connectivity index (χ4v) is 8.62. The molecule has 54 heavy (non-hydrogen) atoms. The van der Waals surface area contributed by atoms with Crippen molar-refractivity contribution in [2.45, 2.75) is 139 Å². The summed E-state index contributed by atoms with van der Waals surface area (Å²) in [4.78, 5) is 0. The van der Waals surface area contributed by atoms with E-state index in [2.05, 4.69) is 6.92 Å². The molecule has 10 N–H and O–H groups in total. The van der Waals surface area contributed by atoms with Crippen LogP contribution in [0.15, 0.2) is 30.3 Å². The van der Waals surface area contributed by atoms with Crippen LogP contribution in [0.3, 0.4) is 0 Å². The van der Waals surface area contributed by atoms with Crippen LogP contribution in [-0.2, 0) is 26.2 Å². The van der Waals surface area contributed by atoms with Crippen molar-refractivity contribution >= 4 is 0 Å². The molecule has 15 heteroatoms. The van der Waals surface area contributed by atoms with Crippen LogP contribution < -0.4 is 9.47 Å². The maximum atomic E-state index is 11.7. The van der Waals surface area contributed by atoms with E-state index in [9.17, 15) is 51.1 Å². The predicted octanol–water partition coefficient (Wildman–Crippen LogP) is -0.604. The van der Waals surface area contributed by atoms with E-state index >= 15 is 0 Å². The van der Waals surface area contributed by atoms with Crippen LogP contribution in [0.5, 0.6) is 11.5 Å². The summed E-state index contributed by atoms with van der Waals surface area (Å²) in [5, 5.41) is 108. The zero-order valence-corrected chi connectivity index (χ0v) is 31.0. The number of aliphatic hydroxyl groups excluding tert-OH is 10. The fourth-order valence-electron chi connectivity index (χ4n) is 8.62. The Kier molecular flexibility index (Phi) is 12.6. The van der Waals surface area contributed by atoms with E-state index in [4.69, 9.17) is 23.7 Å². The van der Waals surface area contributed by atoms with Gasteiger partial charge in [-0.05, 0) is 56.9 Å². The topological polar surface area (TPSA) is 248 Å². The Morgan fingerprint density at radius 1 is 0.667 bits per heavy atom. The van der Waals surface area contributed by atoms with Gasteiger partial charge in [-0.15, -0.1) is 0 Å². The predicted molar refractivity (Wildman–Crippen MR) is 190 cm³/mol. The van der Waals surface area contributed by atoms with Gasteiger partial charge in [-0.3, -0.25) is 0 Å². The number of hydrogen-bond acceptors (Lipinski definition) is 15. The van der Waals surface area contributed by atoms with Crippen LogP contribution in [0.2, 0.25) is 0 Å². The number of fused-ring (bicyclic) bond motifs is 3. The standard InChI is InChI=1S/C39H56O15/c1-5-6-7-8-18-12-21(26-19-11-17(2)9-10-20(19)39(3,4)54-22(26)13-18)52-38-35(49)31(45)28(24(15-41)53-38)36-33(47)30(44)27(23(14-40)50-36)37-34(48)32(46)29(43)25(16-42)51-37/h9-13,23-25,27-38,40-49H,5-8,14-16H2,1-4H3/t23-,24-,25-,27-,28?,29-,30+,31+,32+,33-,34-,35-,36-,37?,38-/m1/s1. The number of benzene rings is 2. The highest BCUT2D eigenvalue weighted by atomic mass is 16.7. The maximum absolute atomic E-state index is 11.7. The zero-order chi connectivity index (χ0) is 39.2. The average Bonchev–Trinajstić information content (AvgIpc) is 3.13. The summed E-state index contributed by atoms with van der Waals surface area (Å²) in [7, 11) is 0. The lowest BCUT2D eigenvalue weighted by Gasteiger charge is -2.53. The number of aryl methyl sites for hydroxylation is 2. The van der Waals surface area contributed by atoms with E-state index in [1.54, 1.807) is 0 Å². The molecule has 0 saturated carbocycles. The van der Waals surface area contributed by atoms with Crippen molar-refractivity contribution in [1.29, 1.82) is 0 Å². The van der Waals surface area contributed by atoms with Crippen molar-refractivity contribution in [3.8, 4) is 22.6 Å². The molecule has 4 aliphatic heterocycles. The normalized spacial score (nSPS) is 39.0. The molecule has 3 saturated heterocycles. The van der Waals surface area contributed by atoms with Crippen molar-refractivity contribution in [2.75, 3.05) is 19.8 Å². The molecule has 15 nitrogen and oxygen atoms in total. The molecule has 15 atom stereocenters. The van der Waals surface area contributed by atoms with Gasteiger partial charge < -0.3 is 74.7 Å². The van der Waals surface area contributed by atoms with Crippen LogP contribution in [0.25, 0.3) is 11.1 Å². The Hall–Kier alpha value is -2.48. The molecule has 0 bridgehead atoms. The minimum Gasteiger partial charge on any atom is -0.482 e. The fraction of sp³-hybridized carbons (Fsp3) is 0.692.